The third kappa shape index (κ3) is 5.63. The van der Waals surface area contributed by atoms with Crippen LogP contribution in [-0.2, 0) is 11.0 Å². The summed E-state index contributed by atoms with van der Waals surface area (Å²) in [4.78, 5) is 26.7. The first-order valence-corrected chi connectivity index (χ1v) is 9.53. The van der Waals surface area contributed by atoms with Crippen molar-refractivity contribution in [2.24, 2.45) is 5.73 Å². The lowest BCUT2D eigenvalue weighted by Crippen LogP contribution is -2.51. The van der Waals surface area contributed by atoms with Crippen LogP contribution in [0.2, 0.25) is 0 Å². The molecular weight excluding hydrogens is 367 g/mol. The van der Waals surface area contributed by atoms with E-state index in [1.807, 2.05) is 0 Å². The lowest BCUT2D eigenvalue weighted by molar-refractivity contribution is -0.137. The van der Waals surface area contributed by atoms with Crippen LogP contribution in [-0.4, -0.2) is 47.5 Å². The summed E-state index contributed by atoms with van der Waals surface area (Å²) in [6.45, 7) is 1.30. The van der Waals surface area contributed by atoms with Gasteiger partial charge in [-0.25, -0.2) is 0 Å². The van der Waals surface area contributed by atoms with Crippen molar-refractivity contribution in [3.63, 3.8) is 0 Å². The molecule has 1 aromatic carbocycles. The highest BCUT2D eigenvalue weighted by Gasteiger charge is 2.31. The molecule has 0 spiro atoms. The van der Waals surface area contributed by atoms with Gasteiger partial charge >= 0.3 is 6.18 Å². The zero-order valence-corrected chi connectivity index (χ0v) is 15.0. The number of carbonyl (C=O) groups excluding carboxylic acids is 2. The summed E-state index contributed by atoms with van der Waals surface area (Å²) in [7, 11) is 0. The van der Waals surface area contributed by atoms with E-state index in [2.05, 4.69) is 5.32 Å². The quantitative estimate of drug-likeness (QED) is 0.733. The molecule has 1 aliphatic heterocycles. The molecule has 1 heterocycles. The highest BCUT2D eigenvalue weighted by molar-refractivity contribution is 7.99. The molecule has 144 valence electrons. The average molecular weight is 389 g/mol. The predicted octanol–water partition coefficient (Wildman–Crippen LogP) is 2.47. The van der Waals surface area contributed by atoms with Crippen LogP contribution < -0.4 is 11.1 Å². The molecule has 26 heavy (non-hydrogen) atoms. The van der Waals surface area contributed by atoms with Crippen molar-refractivity contribution < 1.29 is 22.8 Å². The molecule has 0 unspecified atom stereocenters. The molecule has 1 atom stereocenters. The maximum absolute atomic E-state index is 12.7. The van der Waals surface area contributed by atoms with Gasteiger partial charge in [0, 0.05) is 30.3 Å². The number of thioether (sulfide) groups is 1. The van der Waals surface area contributed by atoms with E-state index in [4.69, 9.17) is 5.73 Å². The fourth-order valence-electron chi connectivity index (χ4n) is 2.75. The Morgan fingerprint density at radius 3 is 2.31 bits per heavy atom. The summed E-state index contributed by atoms with van der Waals surface area (Å²) in [5.74, 6) is -0.129. The van der Waals surface area contributed by atoms with Crippen LogP contribution in [0.4, 0.5) is 13.2 Å². The normalized spacial score (nSPS) is 16.2. The maximum atomic E-state index is 12.7. The van der Waals surface area contributed by atoms with E-state index in [0.717, 1.165) is 43.5 Å². The van der Waals surface area contributed by atoms with Crippen LogP contribution >= 0.6 is 11.8 Å². The number of halogens is 3. The minimum Gasteiger partial charge on any atom is -0.341 e. The van der Waals surface area contributed by atoms with Gasteiger partial charge in [-0.15, -0.1) is 11.8 Å². The summed E-state index contributed by atoms with van der Waals surface area (Å²) in [5.41, 5.74) is 4.72. The second kappa shape index (κ2) is 9.27. The second-order valence-corrected chi connectivity index (χ2v) is 7.10. The number of likely N-dealkylation sites (tertiary alicyclic amines) is 1. The van der Waals surface area contributed by atoms with Crippen molar-refractivity contribution in [2.75, 3.05) is 24.7 Å². The zero-order valence-electron chi connectivity index (χ0n) is 14.2. The molecule has 3 N–H and O–H groups in total. The van der Waals surface area contributed by atoms with Crippen LogP contribution in [0.3, 0.4) is 0 Å². The summed E-state index contributed by atoms with van der Waals surface area (Å²) >= 11 is 1.32. The molecule has 1 aromatic rings. The van der Waals surface area contributed by atoms with Crippen molar-refractivity contribution in [3.8, 4) is 0 Å². The smallest absolute Gasteiger partial charge is 0.341 e. The van der Waals surface area contributed by atoms with E-state index in [-0.39, 0.29) is 11.5 Å². The number of nitrogens with zero attached hydrogens (tertiary/aromatic N) is 1. The van der Waals surface area contributed by atoms with E-state index in [1.54, 1.807) is 4.90 Å². The molecule has 0 bridgehead atoms. The van der Waals surface area contributed by atoms with Crippen LogP contribution in [0.15, 0.2) is 24.3 Å². The van der Waals surface area contributed by atoms with Crippen molar-refractivity contribution >= 4 is 23.6 Å². The Balaban J connectivity index is 2.06. The third-order valence-electron chi connectivity index (χ3n) is 4.15. The fraction of sp³-hybridized carbons (Fsp3) is 0.529. The molecular formula is C17H22F3N3O2S. The molecule has 0 aromatic heterocycles. The summed E-state index contributed by atoms with van der Waals surface area (Å²) in [5, 5.41) is 2.64. The highest BCUT2D eigenvalue weighted by Crippen LogP contribution is 2.29. The minimum absolute atomic E-state index is 0.0761. The number of rotatable bonds is 6. The Hall–Kier alpha value is -1.74. The molecule has 0 radical (unpaired) electrons. The van der Waals surface area contributed by atoms with Gasteiger partial charge in [0.1, 0.15) is 6.04 Å². The number of carbonyl (C=O) groups is 2. The summed E-state index contributed by atoms with van der Waals surface area (Å²) < 4.78 is 37.8. The van der Waals surface area contributed by atoms with E-state index >= 15 is 0 Å². The Labute approximate surface area is 154 Å². The number of hydrogen-bond donors (Lipinski definition) is 2. The van der Waals surface area contributed by atoms with Gasteiger partial charge in [-0.3, -0.25) is 9.59 Å². The van der Waals surface area contributed by atoms with Crippen LogP contribution in [0, 0.1) is 0 Å². The molecule has 9 heteroatoms. The second-order valence-electron chi connectivity index (χ2n) is 6.02. The van der Waals surface area contributed by atoms with Crippen molar-refractivity contribution in [1.82, 2.24) is 10.2 Å². The van der Waals surface area contributed by atoms with Crippen LogP contribution in [0.1, 0.15) is 35.2 Å². The molecule has 1 aliphatic rings. The molecule has 0 aliphatic carbocycles. The largest absolute Gasteiger partial charge is 0.416 e. The maximum Gasteiger partial charge on any atom is 0.416 e. The van der Waals surface area contributed by atoms with Gasteiger partial charge in [0.2, 0.25) is 5.91 Å². The van der Waals surface area contributed by atoms with Gasteiger partial charge in [-0.1, -0.05) is 0 Å². The molecule has 1 fully saturated rings. The fourth-order valence-corrected chi connectivity index (χ4v) is 3.35. The summed E-state index contributed by atoms with van der Waals surface area (Å²) in [6, 6.07) is 3.17. The Morgan fingerprint density at radius 1 is 1.15 bits per heavy atom. The van der Waals surface area contributed by atoms with Crippen LogP contribution in [0.5, 0.6) is 0 Å². The van der Waals surface area contributed by atoms with Crippen molar-refractivity contribution in [3.05, 3.63) is 35.4 Å². The Kier molecular flexibility index (Phi) is 7.33. The van der Waals surface area contributed by atoms with Gasteiger partial charge in [0.25, 0.3) is 5.91 Å². The predicted molar refractivity (Wildman–Crippen MR) is 94.6 cm³/mol. The lowest BCUT2D eigenvalue weighted by atomic mass is 10.1. The van der Waals surface area contributed by atoms with Gasteiger partial charge in [-0.05, 0) is 43.5 Å². The van der Waals surface area contributed by atoms with Gasteiger partial charge in [-0.2, -0.15) is 13.2 Å². The number of piperidine rings is 1. The van der Waals surface area contributed by atoms with E-state index in [0.29, 0.717) is 24.7 Å². The molecule has 5 nitrogen and oxygen atoms in total. The first-order valence-electron chi connectivity index (χ1n) is 8.37. The minimum atomic E-state index is -4.46. The molecule has 1 saturated heterocycles. The topological polar surface area (TPSA) is 75.4 Å². The van der Waals surface area contributed by atoms with Crippen molar-refractivity contribution in [1.29, 1.82) is 0 Å². The summed E-state index contributed by atoms with van der Waals surface area (Å²) in [6.07, 6.45) is -1.53. The Morgan fingerprint density at radius 2 is 1.77 bits per heavy atom. The zero-order chi connectivity index (χ0) is 19.2. The van der Waals surface area contributed by atoms with E-state index < -0.39 is 23.7 Å². The standard InChI is InChI=1S/C17H22F3N3O2S/c18-17(19,20)13-6-4-12(5-7-13)15(24)22-14(10-26-11-21)16(25)23-8-2-1-3-9-23/h4-7,14H,1-3,8-11,21H2,(H,22,24)/t14-/m0/s1. The first kappa shape index (κ1) is 20.6. The Bertz CT molecular complexity index is 617. The van der Waals surface area contributed by atoms with Crippen LogP contribution in [0.25, 0.3) is 0 Å². The van der Waals surface area contributed by atoms with Gasteiger partial charge in [0.05, 0.1) is 5.56 Å². The molecule has 2 amide bonds. The monoisotopic (exact) mass is 389 g/mol. The van der Waals surface area contributed by atoms with Crippen molar-refractivity contribution in [2.45, 2.75) is 31.5 Å². The third-order valence-corrected chi connectivity index (χ3v) is 4.95. The molecule has 0 saturated carbocycles. The number of nitrogens with two attached hydrogens (primary N) is 1. The molecule has 2 rings (SSSR count). The first-order chi connectivity index (χ1) is 12.3. The number of nitrogens with one attached hydrogen (secondary N) is 1. The SMILES string of the molecule is NCSC[C@H](NC(=O)c1ccc(C(F)(F)F)cc1)C(=O)N1CCCCC1. The van der Waals surface area contributed by atoms with E-state index in [1.165, 1.54) is 11.8 Å². The number of hydrogen-bond acceptors (Lipinski definition) is 4. The lowest BCUT2D eigenvalue weighted by Gasteiger charge is -2.30. The van der Waals surface area contributed by atoms with Gasteiger partial charge < -0.3 is 16.0 Å². The average Bonchev–Trinajstić information content (AvgIpc) is 2.64. The highest BCUT2D eigenvalue weighted by atomic mass is 32.2. The van der Waals surface area contributed by atoms with E-state index in [9.17, 15) is 22.8 Å². The number of benzene rings is 1. The van der Waals surface area contributed by atoms with Gasteiger partial charge in [0.15, 0.2) is 0 Å². The number of alkyl halides is 3. The number of amides is 2.